The largest absolute Gasteiger partial charge is 0.339 e. The molecule has 3 atom stereocenters. The van der Waals surface area contributed by atoms with Crippen LogP contribution in [0.1, 0.15) is 68.7 Å². The summed E-state index contributed by atoms with van der Waals surface area (Å²) in [6, 6.07) is 14.9. The van der Waals surface area contributed by atoms with Crippen molar-refractivity contribution in [3.8, 4) is 0 Å². The number of imidazole rings is 1. The Labute approximate surface area is 227 Å². The standard InChI is InChI=1S/C32H35F2N5/c33-32(34,26-18-24-17-21(26)19-35-24)22-13-15-23(16-14-22)36-31-29-28(25-11-7-8-12-27(25)37-31)38-30(39-29)20-9-5-3-1-2-4-6-10-20/h1-2,7-8,11-16,20-21,24,26,35H,3-6,9-10,17-19H2,(H,36,37)(H,38,39)/b2-1-. The molecule has 2 aliphatic carbocycles. The average Bonchev–Trinajstić information content (AvgIpc) is 3.71. The minimum atomic E-state index is -2.82. The van der Waals surface area contributed by atoms with Crippen LogP contribution in [0.4, 0.5) is 20.3 Å². The molecule has 4 aromatic rings. The summed E-state index contributed by atoms with van der Waals surface area (Å²) < 4.78 is 30.9. The van der Waals surface area contributed by atoms with Gasteiger partial charge in [-0.2, -0.15) is 0 Å². The summed E-state index contributed by atoms with van der Waals surface area (Å²) in [5.74, 6) is -1.27. The summed E-state index contributed by atoms with van der Waals surface area (Å²) in [4.78, 5) is 13.7. The molecule has 2 aromatic heterocycles. The van der Waals surface area contributed by atoms with Crippen molar-refractivity contribution in [2.24, 2.45) is 11.8 Å². The molecule has 3 aliphatic rings. The molecule has 0 radical (unpaired) electrons. The Balaban J connectivity index is 1.20. The zero-order valence-electron chi connectivity index (χ0n) is 22.1. The molecule has 0 spiro atoms. The van der Waals surface area contributed by atoms with E-state index in [1.807, 2.05) is 18.2 Å². The van der Waals surface area contributed by atoms with Crippen molar-refractivity contribution in [1.29, 1.82) is 0 Å². The van der Waals surface area contributed by atoms with Crippen molar-refractivity contribution in [3.63, 3.8) is 0 Å². The third-order valence-electron chi connectivity index (χ3n) is 9.11. The molecule has 0 amide bonds. The number of nitrogens with zero attached hydrogens (tertiary/aromatic N) is 2. The molecule has 7 rings (SSSR count). The first-order valence-electron chi connectivity index (χ1n) is 14.5. The molecule has 2 aromatic carbocycles. The number of halogens is 2. The van der Waals surface area contributed by atoms with Crippen LogP contribution in [0.15, 0.2) is 60.7 Å². The number of hydrogen-bond acceptors (Lipinski definition) is 4. The number of piperidine rings is 1. The van der Waals surface area contributed by atoms with Gasteiger partial charge in [0.05, 0.1) is 5.52 Å². The maximum absolute atomic E-state index is 15.4. The fourth-order valence-electron chi connectivity index (χ4n) is 7.01. The lowest BCUT2D eigenvalue weighted by atomic mass is 9.85. The van der Waals surface area contributed by atoms with Crippen molar-refractivity contribution < 1.29 is 8.78 Å². The number of fused-ring (bicyclic) bond motifs is 5. The van der Waals surface area contributed by atoms with E-state index in [0.717, 1.165) is 78.4 Å². The summed E-state index contributed by atoms with van der Waals surface area (Å²) in [6.45, 7) is 0.706. The van der Waals surface area contributed by atoms with Crippen LogP contribution in [0.5, 0.6) is 0 Å². The van der Waals surface area contributed by atoms with Crippen molar-refractivity contribution >= 4 is 33.4 Å². The first-order valence-corrected chi connectivity index (χ1v) is 14.5. The second-order valence-corrected chi connectivity index (χ2v) is 11.6. The van der Waals surface area contributed by atoms with E-state index < -0.39 is 11.8 Å². The predicted molar refractivity (Wildman–Crippen MR) is 153 cm³/mol. The molecule has 2 fully saturated rings. The van der Waals surface area contributed by atoms with E-state index in [2.05, 4.69) is 33.8 Å². The quantitative estimate of drug-likeness (QED) is 0.231. The molecule has 3 heterocycles. The highest BCUT2D eigenvalue weighted by atomic mass is 19.3. The fourth-order valence-corrected chi connectivity index (χ4v) is 7.01. The Morgan fingerprint density at radius 2 is 1.67 bits per heavy atom. The highest BCUT2D eigenvalue weighted by molar-refractivity contribution is 6.07. The molecule has 2 bridgehead atoms. The summed E-state index contributed by atoms with van der Waals surface area (Å²) in [7, 11) is 0. The predicted octanol–water partition coefficient (Wildman–Crippen LogP) is 7.94. The Morgan fingerprint density at radius 3 is 2.38 bits per heavy atom. The van der Waals surface area contributed by atoms with Crippen molar-refractivity contribution in [2.75, 3.05) is 11.9 Å². The maximum Gasteiger partial charge on any atom is 0.276 e. The van der Waals surface area contributed by atoms with Gasteiger partial charge in [0, 0.05) is 34.5 Å². The summed E-state index contributed by atoms with van der Waals surface area (Å²) >= 11 is 0. The number of hydrogen-bond donors (Lipinski definition) is 3. The zero-order valence-corrected chi connectivity index (χ0v) is 22.1. The van der Waals surface area contributed by atoms with E-state index in [9.17, 15) is 0 Å². The molecule has 1 saturated heterocycles. The highest BCUT2D eigenvalue weighted by Gasteiger charge is 2.52. The first kappa shape index (κ1) is 24.7. The van der Waals surface area contributed by atoms with Gasteiger partial charge in [0.2, 0.25) is 0 Å². The Hall–Kier alpha value is -3.32. The fraction of sp³-hybridized carbons (Fsp3) is 0.438. The molecule has 39 heavy (non-hydrogen) atoms. The number of H-pyrrole nitrogens is 1. The van der Waals surface area contributed by atoms with Gasteiger partial charge in [0.15, 0.2) is 5.82 Å². The minimum Gasteiger partial charge on any atom is -0.339 e. The molecule has 1 saturated carbocycles. The van der Waals surface area contributed by atoms with Gasteiger partial charge in [-0.15, -0.1) is 0 Å². The number of alkyl halides is 2. The van der Waals surface area contributed by atoms with Crippen LogP contribution in [-0.4, -0.2) is 27.5 Å². The van der Waals surface area contributed by atoms with Gasteiger partial charge in [-0.1, -0.05) is 42.5 Å². The van der Waals surface area contributed by atoms with Crippen molar-refractivity contribution in [2.45, 2.75) is 69.2 Å². The second kappa shape index (κ2) is 10.0. The molecule has 1 aliphatic heterocycles. The summed E-state index contributed by atoms with van der Waals surface area (Å²) in [5, 5.41) is 7.77. The normalized spacial score (nSPS) is 25.0. The summed E-state index contributed by atoms with van der Waals surface area (Å²) in [5.41, 5.74) is 3.46. The number of aromatic nitrogens is 3. The van der Waals surface area contributed by atoms with Gasteiger partial charge < -0.3 is 15.6 Å². The number of pyridine rings is 1. The zero-order chi connectivity index (χ0) is 26.4. The van der Waals surface area contributed by atoms with Gasteiger partial charge in [-0.05, 0) is 82.0 Å². The summed E-state index contributed by atoms with van der Waals surface area (Å²) in [6.07, 6.45) is 12.8. The Morgan fingerprint density at radius 1 is 0.897 bits per heavy atom. The Bertz CT molecular complexity index is 1500. The third-order valence-corrected chi connectivity index (χ3v) is 9.11. The van der Waals surface area contributed by atoms with Crippen LogP contribution in [0.2, 0.25) is 0 Å². The van der Waals surface area contributed by atoms with E-state index in [1.54, 1.807) is 24.3 Å². The van der Waals surface area contributed by atoms with Crippen LogP contribution >= 0.6 is 0 Å². The molecule has 202 valence electrons. The molecular formula is C32H35F2N5. The lowest BCUT2D eigenvalue weighted by Gasteiger charge is -2.30. The highest BCUT2D eigenvalue weighted by Crippen LogP contribution is 2.50. The van der Waals surface area contributed by atoms with Crippen molar-refractivity contribution in [1.82, 2.24) is 20.3 Å². The van der Waals surface area contributed by atoms with E-state index >= 15 is 8.78 Å². The second-order valence-electron chi connectivity index (χ2n) is 11.6. The average molecular weight is 528 g/mol. The minimum absolute atomic E-state index is 0.0611. The maximum atomic E-state index is 15.4. The molecule has 7 heteroatoms. The number of benzene rings is 2. The third kappa shape index (κ3) is 4.61. The lowest BCUT2D eigenvalue weighted by molar-refractivity contribution is -0.0826. The molecule has 5 nitrogen and oxygen atoms in total. The van der Waals surface area contributed by atoms with Crippen LogP contribution in [0.25, 0.3) is 21.9 Å². The van der Waals surface area contributed by atoms with Gasteiger partial charge in [-0.25, -0.2) is 18.7 Å². The van der Waals surface area contributed by atoms with Crippen LogP contribution in [0.3, 0.4) is 0 Å². The van der Waals surface area contributed by atoms with Gasteiger partial charge in [0.25, 0.3) is 5.92 Å². The van der Waals surface area contributed by atoms with Gasteiger partial charge >= 0.3 is 0 Å². The van der Waals surface area contributed by atoms with Gasteiger partial charge in [0.1, 0.15) is 16.9 Å². The first-order chi connectivity index (χ1) is 19.1. The van der Waals surface area contributed by atoms with Crippen LogP contribution in [-0.2, 0) is 5.92 Å². The lowest BCUT2D eigenvalue weighted by Crippen LogP contribution is -2.37. The molecule has 3 unspecified atom stereocenters. The number of aromatic amines is 1. The number of allylic oxidation sites excluding steroid dienone is 2. The Kier molecular flexibility index (Phi) is 6.34. The number of para-hydroxylation sites is 1. The topological polar surface area (TPSA) is 65.6 Å². The van der Waals surface area contributed by atoms with Gasteiger partial charge in [-0.3, -0.25) is 0 Å². The number of rotatable bonds is 5. The van der Waals surface area contributed by atoms with Crippen LogP contribution < -0.4 is 10.6 Å². The molecular weight excluding hydrogens is 492 g/mol. The van der Waals surface area contributed by atoms with E-state index in [1.165, 1.54) is 0 Å². The number of nitrogens with one attached hydrogen (secondary N) is 3. The van der Waals surface area contributed by atoms with Crippen molar-refractivity contribution in [3.05, 3.63) is 72.1 Å². The molecule has 3 N–H and O–H groups in total. The van der Waals surface area contributed by atoms with E-state index in [-0.39, 0.29) is 17.5 Å². The number of anilines is 2. The monoisotopic (exact) mass is 527 g/mol. The smallest absolute Gasteiger partial charge is 0.276 e. The van der Waals surface area contributed by atoms with Crippen LogP contribution in [0, 0.1) is 11.8 Å². The van der Waals surface area contributed by atoms with E-state index in [4.69, 9.17) is 9.97 Å². The van der Waals surface area contributed by atoms with E-state index in [0.29, 0.717) is 24.7 Å². The SMILES string of the molecule is FC(F)(c1ccc(Nc2nc3ccccc3c3nc(C4CCC/C=C\CCC4)[nH]c23)cc1)C1CC2CC1CN2.